The molecule has 0 saturated heterocycles. The van der Waals surface area contributed by atoms with Crippen LogP contribution in [0.4, 0.5) is 45.5 Å². The molecule has 9 nitrogen and oxygen atoms in total. The van der Waals surface area contributed by atoms with Crippen molar-refractivity contribution >= 4 is 197 Å². The summed E-state index contributed by atoms with van der Waals surface area (Å²) in [6.45, 7) is 0. The maximum Gasteiger partial charge on any atom is 0.137 e. The molecule has 0 saturated carbocycles. The first-order valence-corrected chi connectivity index (χ1v) is 35.6. The first-order chi connectivity index (χ1) is 51.5. The third-order valence-corrected chi connectivity index (χ3v) is 20.5. The Hall–Kier alpha value is -13.8. The van der Waals surface area contributed by atoms with Crippen LogP contribution in [0, 0.1) is 0 Å². The standard InChI is InChI=1S/C30H20N2S.C24H15NO2.C22H15NO.C18H13NO/c1-2-9-21(10-3-1)32-27-15-6-4-11-22(27)23-18-17-20(19-28(23)32)31-26-14-8-13-25-24-12-5-7-16-29(24)33-30(25)26;1-3-7-21-17(5-1)19-11-9-15(13-23(19)26-21)25-16-10-12-20-18-6-2-4-8-22(18)27-24(20)14-16;1-2-6-16-13-17(10-9-15(16)5-1)23-18-11-12-20-19-7-3-4-8-21(19)24-22(20)14-18;1-2-6-13(7-3-1)19-14-10-11-16-15-8-4-5-9-17(15)20-18(16)12-14/h1-19,31H;1-14,25H;1-14,23H;1-12,19H. The minimum absolute atomic E-state index is 0.881. The molecule has 16 aromatic carbocycles. The van der Waals surface area contributed by atoms with Gasteiger partial charge in [0.05, 0.1) is 21.4 Å². The van der Waals surface area contributed by atoms with E-state index in [0.29, 0.717) is 0 Å². The predicted octanol–water partition coefficient (Wildman–Crippen LogP) is 27.9. The zero-order chi connectivity index (χ0) is 68.9. The molecule has 10 heteroatoms. The molecule has 494 valence electrons. The Morgan fingerprint density at radius 1 is 0.212 bits per heavy atom. The molecule has 104 heavy (non-hydrogen) atoms. The van der Waals surface area contributed by atoms with Crippen molar-refractivity contribution in [2.75, 3.05) is 21.3 Å². The molecule has 0 bridgehead atoms. The molecule has 0 aliphatic carbocycles. The summed E-state index contributed by atoms with van der Waals surface area (Å²) in [5.74, 6) is 0. The van der Waals surface area contributed by atoms with Gasteiger partial charge in [0, 0.05) is 139 Å². The molecule has 4 N–H and O–H groups in total. The summed E-state index contributed by atoms with van der Waals surface area (Å²) in [5, 5.41) is 30.8. The van der Waals surface area contributed by atoms with Crippen LogP contribution in [0.15, 0.2) is 376 Å². The van der Waals surface area contributed by atoms with Crippen LogP contribution in [0.25, 0.3) is 146 Å². The molecule has 0 aliphatic heterocycles. The van der Waals surface area contributed by atoms with Gasteiger partial charge in [0.2, 0.25) is 0 Å². The third kappa shape index (κ3) is 11.7. The number of nitrogens with zero attached hydrogens (tertiary/aromatic N) is 1. The van der Waals surface area contributed by atoms with Gasteiger partial charge >= 0.3 is 0 Å². The van der Waals surface area contributed by atoms with Crippen LogP contribution in [-0.2, 0) is 0 Å². The average molecular weight is 1360 g/mol. The van der Waals surface area contributed by atoms with Crippen molar-refractivity contribution in [1.29, 1.82) is 0 Å². The average Bonchev–Trinajstić information content (AvgIpc) is 1.53. The summed E-state index contributed by atoms with van der Waals surface area (Å²) in [6.07, 6.45) is 0. The number of benzene rings is 16. The topological polar surface area (TPSA) is 106 Å². The molecule has 0 spiro atoms. The fourth-order valence-corrected chi connectivity index (χ4v) is 15.6. The quantitative estimate of drug-likeness (QED) is 0.113. The van der Waals surface area contributed by atoms with E-state index in [9.17, 15) is 0 Å². The van der Waals surface area contributed by atoms with Crippen molar-refractivity contribution in [3.05, 3.63) is 358 Å². The van der Waals surface area contributed by atoms with Gasteiger partial charge in [0.15, 0.2) is 0 Å². The minimum Gasteiger partial charge on any atom is -0.456 e. The lowest BCUT2D eigenvalue weighted by molar-refractivity contribution is 0.668. The van der Waals surface area contributed by atoms with Gasteiger partial charge in [0.1, 0.15) is 44.7 Å². The summed E-state index contributed by atoms with van der Waals surface area (Å²) in [4.78, 5) is 0. The van der Waals surface area contributed by atoms with Crippen molar-refractivity contribution in [1.82, 2.24) is 4.57 Å². The van der Waals surface area contributed by atoms with E-state index in [1.807, 2.05) is 133 Å². The summed E-state index contributed by atoms with van der Waals surface area (Å²) < 4.78 is 28.8. The van der Waals surface area contributed by atoms with E-state index in [1.165, 1.54) is 58.4 Å². The van der Waals surface area contributed by atoms with Crippen molar-refractivity contribution in [2.45, 2.75) is 0 Å². The number of rotatable bonds is 9. The number of furan rings is 4. The number of fused-ring (bicyclic) bond motifs is 19. The lowest BCUT2D eigenvalue weighted by Gasteiger charge is -2.11. The summed E-state index contributed by atoms with van der Waals surface area (Å²) in [6, 6.07) is 123. The van der Waals surface area contributed by atoms with Gasteiger partial charge in [-0.3, -0.25) is 0 Å². The first-order valence-electron chi connectivity index (χ1n) is 34.7. The van der Waals surface area contributed by atoms with Crippen molar-refractivity contribution in [2.24, 2.45) is 0 Å². The maximum absolute atomic E-state index is 5.98. The molecular formula is C94H63N5O4S. The zero-order valence-electron chi connectivity index (χ0n) is 56.1. The Balaban J connectivity index is 0.0000000969. The second-order valence-corrected chi connectivity index (χ2v) is 26.9. The van der Waals surface area contributed by atoms with E-state index in [-0.39, 0.29) is 0 Å². The van der Waals surface area contributed by atoms with Gasteiger partial charge < -0.3 is 43.5 Å². The number of nitrogens with one attached hydrogen (secondary N) is 4. The van der Waals surface area contributed by atoms with Gasteiger partial charge in [-0.05, 0) is 150 Å². The van der Waals surface area contributed by atoms with Crippen molar-refractivity contribution < 1.29 is 17.7 Å². The second-order valence-electron chi connectivity index (χ2n) is 25.9. The fourth-order valence-electron chi connectivity index (χ4n) is 14.4. The van der Waals surface area contributed by atoms with Crippen LogP contribution in [0.5, 0.6) is 0 Å². The summed E-state index contributed by atoms with van der Waals surface area (Å²) >= 11 is 1.85. The van der Waals surface area contributed by atoms with Crippen LogP contribution in [0.3, 0.4) is 0 Å². The van der Waals surface area contributed by atoms with E-state index < -0.39 is 0 Å². The van der Waals surface area contributed by atoms with Gasteiger partial charge in [-0.25, -0.2) is 0 Å². The first kappa shape index (κ1) is 61.3. The highest BCUT2D eigenvalue weighted by atomic mass is 32.1. The Bertz CT molecular complexity index is 6850. The van der Waals surface area contributed by atoms with Gasteiger partial charge in [-0.1, -0.05) is 194 Å². The molecule has 0 amide bonds. The molecule has 6 heterocycles. The molecule has 0 fully saturated rings. The van der Waals surface area contributed by atoms with Crippen LogP contribution < -0.4 is 21.3 Å². The van der Waals surface area contributed by atoms with E-state index in [0.717, 1.165) is 133 Å². The lowest BCUT2D eigenvalue weighted by atomic mass is 10.1. The number of hydrogen-bond donors (Lipinski definition) is 4. The number of thiophene rings is 1. The second kappa shape index (κ2) is 26.4. The molecule has 0 radical (unpaired) electrons. The Morgan fingerprint density at radius 2 is 0.577 bits per heavy atom. The molecular weight excluding hydrogens is 1300 g/mol. The molecule has 6 aromatic heterocycles. The molecule has 22 rings (SSSR count). The summed E-state index contributed by atoms with van der Waals surface area (Å²) in [7, 11) is 0. The maximum atomic E-state index is 5.98. The fraction of sp³-hybridized carbons (Fsp3) is 0. The number of anilines is 8. The highest BCUT2D eigenvalue weighted by Crippen LogP contribution is 2.42. The van der Waals surface area contributed by atoms with Crippen molar-refractivity contribution in [3.63, 3.8) is 0 Å². The monoisotopic (exact) mass is 1360 g/mol. The Morgan fingerprint density at radius 3 is 1.11 bits per heavy atom. The van der Waals surface area contributed by atoms with Crippen molar-refractivity contribution in [3.8, 4) is 5.69 Å². The van der Waals surface area contributed by atoms with Crippen LogP contribution in [-0.4, -0.2) is 4.57 Å². The SMILES string of the molecule is c1ccc(-n2c3ccccc3c3ccc(Nc4cccc5c4sc4ccccc45)cc32)cc1.c1ccc(Nc2ccc3c(c2)oc2ccccc23)cc1.c1ccc2c(c1)oc1cc(Nc3ccc4c(c3)oc3ccccc34)ccc12.c1ccc2cc(Nc3ccc4c(c3)oc3ccccc34)ccc2c1. The predicted molar refractivity (Wildman–Crippen MR) is 439 cm³/mol. The van der Waals surface area contributed by atoms with E-state index >= 15 is 0 Å². The zero-order valence-corrected chi connectivity index (χ0v) is 56.9. The number of hydrogen-bond acceptors (Lipinski definition) is 9. The lowest BCUT2D eigenvalue weighted by Crippen LogP contribution is -1.94. The number of aromatic nitrogens is 1. The molecule has 0 unspecified atom stereocenters. The molecule has 0 atom stereocenters. The largest absolute Gasteiger partial charge is 0.456 e. The molecule has 22 aromatic rings. The van der Waals surface area contributed by atoms with E-state index in [1.54, 1.807) is 0 Å². The normalized spacial score (nSPS) is 11.5. The Kier molecular flexibility index (Phi) is 15.5. The van der Waals surface area contributed by atoms with Crippen LogP contribution in [0.2, 0.25) is 0 Å². The highest BCUT2D eigenvalue weighted by Gasteiger charge is 2.16. The number of para-hydroxylation sites is 7. The summed E-state index contributed by atoms with van der Waals surface area (Å²) in [5.41, 5.74) is 19.3. The van der Waals surface area contributed by atoms with Gasteiger partial charge in [-0.15, -0.1) is 11.3 Å². The van der Waals surface area contributed by atoms with E-state index in [4.69, 9.17) is 17.7 Å². The van der Waals surface area contributed by atoms with Crippen LogP contribution in [0.1, 0.15) is 0 Å². The van der Waals surface area contributed by atoms with Gasteiger partial charge in [0.25, 0.3) is 0 Å². The van der Waals surface area contributed by atoms with E-state index in [2.05, 4.69) is 262 Å². The third-order valence-electron chi connectivity index (χ3n) is 19.3. The van der Waals surface area contributed by atoms with Gasteiger partial charge in [-0.2, -0.15) is 0 Å². The molecule has 0 aliphatic rings. The Labute approximate surface area is 600 Å². The highest BCUT2D eigenvalue weighted by molar-refractivity contribution is 7.26. The minimum atomic E-state index is 0.881. The van der Waals surface area contributed by atoms with Crippen LogP contribution >= 0.6 is 11.3 Å². The smallest absolute Gasteiger partial charge is 0.137 e.